The predicted molar refractivity (Wildman–Crippen MR) is 110 cm³/mol. The highest BCUT2D eigenvalue weighted by Gasteiger charge is 2.20. The minimum atomic E-state index is 0.449. The summed E-state index contributed by atoms with van der Waals surface area (Å²) in [5.74, 6) is 1.78. The first-order chi connectivity index (χ1) is 13.2. The number of benzene rings is 1. The van der Waals surface area contributed by atoms with Crippen LogP contribution in [0.1, 0.15) is 11.5 Å². The first-order valence-corrected chi connectivity index (χ1v) is 9.56. The molecule has 3 N–H and O–H groups in total. The van der Waals surface area contributed by atoms with Crippen molar-refractivity contribution in [1.82, 2.24) is 24.8 Å². The Morgan fingerprint density at radius 2 is 1.93 bits per heavy atom. The van der Waals surface area contributed by atoms with Crippen LogP contribution in [0.2, 0.25) is 0 Å². The Labute approximate surface area is 164 Å². The van der Waals surface area contributed by atoms with Crippen LogP contribution in [0.4, 0.5) is 5.82 Å². The summed E-state index contributed by atoms with van der Waals surface area (Å²) in [6, 6.07) is 14.4. The number of nitrogens with one attached hydrogen (secondary N) is 1. The third-order valence-electron chi connectivity index (χ3n) is 4.95. The van der Waals surface area contributed by atoms with E-state index in [9.17, 15) is 0 Å². The molecular weight excluding hydrogens is 404 g/mol. The normalized spacial score (nSPS) is 14.4. The lowest BCUT2D eigenvalue weighted by atomic mass is 9.94. The van der Waals surface area contributed by atoms with E-state index in [0.29, 0.717) is 11.7 Å². The second-order valence-electron chi connectivity index (χ2n) is 6.65. The average molecular weight is 421 g/mol. The number of nitrogens with zero attached hydrogens (tertiary/aromatic N) is 4. The van der Waals surface area contributed by atoms with Gasteiger partial charge in [-0.15, -0.1) is 0 Å². The van der Waals surface area contributed by atoms with Gasteiger partial charge in [-0.05, 0) is 51.8 Å². The molecule has 1 aliphatic rings. The lowest BCUT2D eigenvalue weighted by molar-refractivity contribution is 0.448. The van der Waals surface area contributed by atoms with E-state index in [-0.39, 0.29) is 0 Å². The van der Waals surface area contributed by atoms with Crippen molar-refractivity contribution < 1.29 is 0 Å². The van der Waals surface area contributed by atoms with Gasteiger partial charge in [0.05, 0.1) is 5.56 Å². The molecule has 0 spiro atoms. The van der Waals surface area contributed by atoms with Crippen molar-refractivity contribution in [3.63, 3.8) is 0 Å². The van der Waals surface area contributed by atoms with E-state index in [1.807, 2.05) is 22.8 Å². The van der Waals surface area contributed by atoms with E-state index in [1.54, 1.807) is 12.4 Å². The number of nitrogens with two attached hydrogens (primary N) is 1. The number of pyridine rings is 2. The molecular formula is C20H17BrN6. The summed E-state index contributed by atoms with van der Waals surface area (Å²) in [6.07, 6.45) is 3.47. The second-order valence-corrected chi connectivity index (χ2v) is 7.57. The van der Waals surface area contributed by atoms with Gasteiger partial charge < -0.3 is 11.1 Å². The van der Waals surface area contributed by atoms with E-state index in [1.165, 1.54) is 5.56 Å². The summed E-state index contributed by atoms with van der Waals surface area (Å²) in [4.78, 5) is 13.6. The SMILES string of the molecule is Nc1ncccc1-c1nc2cc(Br)cnc2n1-c1ccc(C2CNC2)cc1. The van der Waals surface area contributed by atoms with E-state index in [2.05, 4.69) is 55.5 Å². The Kier molecular flexibility index (Phi) is 3.91. The van der Waals surface area contributed by atoms with Crippen LogP contribution in [0.15, 0.2) is 59.3 Å². The summed E-state index contributed by atoms with van der Waals surface area (Å²) in [5.41, 5.74) is 10.9. The fourth-order valence-corrected chi connectivity index (χ4v) is 3.71. The Bertz CT molecular complexity index is 1130. The third-order valence-corrected chi connectivity index (χ3v) is 5.38. The molecule has 6 nitrogen and oxygen atoms in total. The Morgan fingerprint density at radius 3 is 2.63 bits per heavy atom. The molecule has 134 valence electrons. The molecule has 0 saturated carbocycles. The van der Waals surface area contributed by atoms with Gasteiger partial charge in [0.1, 0.15) is 11.3 Å². The first kappa shape index (κ1) is 16.4. The van der Waals surface area contributed by atoms with Crippen molar-refractivity contribution in [3.05, 3.63) is 64.9 Å². The number of fused-ring (bicyclic) bond motifs is 1. The zero-order valence-corrected chi connectivity index (χ0v) is 16.0. The van der Waals surface area contributed by atoms with Gasteiger partial charge in [0.2, 0.25) is 0 Å². The van der Waals surface area contributed by atoms with Gasteiger partial charge in [-0.25, -0.2) is 15.0 Å². The molecule has 5 rings (SSSR count). The van der Waals surface area contributed by atoms with E-state index >= 15 is 0 Å². The summed E-state index contributed by atoms with van der Waals surface area (Å²) in [6.45, 7) is 2.08. The molecule has 4 aromatic rings. The number of rotatable bonds is 3. The summed E-state index contributed by atoms with van der Waals surface area (Å²) >= 11 is 3.48. The summed E-state index contributed by atoms with van der Waals surface area (Å²) in [5, 5.41) is 3.32. The van der Waals surface area contributed by atoms with Gasteiger partial charge in [-0.1, -0.05) is 12.1 Å². The van der Waals surface area contributed by atoms with Crippen LogP contribution in [-0.2, 0) is 0 Å². The maximum atomic E-state index is 6.14. The first-order valence-electron chi connectivity index (χ1n) is 8.76. The van der Waals surface area contributed by atoms with Crippen molar-refractivity contribution in [3.8, 4) is 17.1 Å². The van der Waals surface area contributed by atoms with Crippen molar-refractivity contribution in [2.24, 2.45) is 0 Å². The third kappa shape index (κ3) is 2.79. The van der Waals surface area contributed by atoms with Crippen LogP contribution < -0.4 is 11.1 Å². The van der Waals surface area contributed by atoms with Gasteiger partial charge in [0.25, 0.3) is 0 Å². The van der Waals surface area contributed by atoms with Crippen LogP contribution >= 0.6 is 15.9 Å². The maximum Gasteiger partial charge on any atom is 0.165 e. The fraction of sp³-hybridized carbons (Fsp3) is 0.150. The van der Waals surface area contributed by atoms with Gasteiger partial charge in [-0.3, -0.25) is 4.57 Å². The zero-order chi connectivity index (χ0) is 18.4. The number of anilines is 1. The molecule has 1 aliphatic heterocycles. The molecule has 0 bridgehead atoms. The lowest BCUT2D eigenvalue weighted by Gasteiger charge is -2.27. The molecule has 1 fully saturated rings. The lowest BCUT2D eigenvalue weighted by Crippen LogP contribution is -2.39. The highest BCUT2D eigenvalue weighted by Crippen LogP contribution is 2.31. The van der Waals surface area contributed by atoms with Gasteiger partial charge in [-0.2, -0.15) is 0 Å². The number of nitrogen functional groups attached to an aromatic ring is 1. The minimum Gasteiger partial charge on any atom is -0.383 e. The molecule has 0 aliphatic carbocycles. The van der Waals surface area contributed by atoms with Crippen molar-refractivity contribution in [1.29, 1.82) is 0 Å². The largest absolute Gasteiger partial charge is 0.383 e. The molecule has 0 radical (unpaired) electrons. The number of hydrogen-bond acceptors (Lipinski definition) is 5. The Hall–Kier alpha value is -2.77. The van der Waals surface area contributed by atoms with E-state index in [0.717, 1.165) is 45.8 Å². The number of imidazole rings is 1. The molecule has 3 aromatic heterocycles. The smallest absolute Gasteiger partial charge is 0.165 e. The zero-order valence-electron chi connectivity index (χ0n) is 14.4. The number of hydrogen-bond donors (Lipinski definition) is 2. The van der Waals surface area contributed by atoms with Gasteiger partial charge in [0, 0.05) is 41.6 Å². The molecule has 4 heterocycles. The van der Waals surface area contributed by atoms with Crippen LogP contribution in [0, 0.1) is 0 Å². The second kappa shape index (κ2) is 6.44. The van der Waals surface area contributed by atoms with Gasteiger partial charge in [0.15, 0.2) is 11.5 Å². The standard InChI is InChI=1S/C20H17BrN6/c21-14-8-17-20(25-11-14)27(19(26-17)16-2-1-7-24-18(16)22)15-5-3-12(4-6-15)13-9-23-10-13/h1-8,11,13,23H,9-10H2,(H2,22,24). The molecule has 0 amide bonds. The average Bonchev–Trinajstić information content (AvgIpc) is 2.99. The Morgan fingerprint density at radius 1 is 1.11 bits per heavy atom. The fourth-order valence-electron chi connectivity index (χ4n) is 3.39. The van der Waals surface area contributed by atoms with Crippen molar-refractivity contribution in [2.75, 3.05) is 18.8 Å². The van der Waals surface area contributed by atoms with E-state index < -0.39 is 0 Å². The Balaban J connectivity index is 1.72. The molecule has 1 saturated heterocycles. The highest BCUT2D eigenvalue weighted by molar-refractivity contribution is 9.10. The number of halogens is 1. The molecule has 0 atom stereocenters. The summed E-state index contributed by atoms with van der Waals surface area (Å²) in [7, 11) is 0. The summed E-state index contributed by atoms with van der Waals surface area (Å²) < 4.78 is 2.93. The molecule has 27 heavy (non-hydrogen) atoms. The van der Waals surface area contributed by atoms with Crippen LogP contribution in [0.3, 0.4) is 0 Å². The number of aromatic nitrogens is 4. The van der Waals surface area contributed by atoms with Crippen molar-refractivity contribution in [2.45, 2.75) is 5.92 Å². The topological polar surface area (TPSA) is 81.7 Å². The molecule has 0 unspecified atom stereocenters. The van der Waals surface area contributed by atoms with Crippen LogP contribution in [0.25, 0.3) is 28.2 Å². The monoisotopic (exact) mass is 420 g/mol. The maximum absolute atomic E-state index is 6.14. The van der Waals surface area contributed by atoms with Crippen LogP contribution in [0.5, 0.6) is 0 Å². The van der Waals surface area contributed by atoms with Crippen LogP contribution in [-0.4, -0.2) is 32.6 Å². The minimum absolute atomic E-state index is 0.449. The van der Waals surface area contributed by atoms with Crippen molar-refractivity contribution >= 4 is 32.9 Å². The van der Waals surface area contributed by atoms with E-state index in [4.69, 9.17) is 10.7 Å². The van der Waals surface area contributed by atoms with Gasteiger partial charge >= 0.3 is 0 Å². The highest BCUT2D eigenvalue weighted by atomic mass is 79.9. The molecule has 1 aromatic carbocycles. The predicted octanol–water partition coefficient (Wildman–Crippen LogP) is 3.51. The molecule has 7 heteroatoms. The quantitative estimate of drug-likeness (QED) is 0.529.